The quantitative estimate of drug-likeness (QED) is 0.590. The third-order valence-corrected chi connectivity index (χ3v) is 7.05. The van der Waals surface area contributed by atoms with Gasteiger partial charge in [-0.25, -0.2) is 0 Å². The lowest BCUT2D eigenvalue weighted by Crippen LogP contribution is -2.50. The standard InChI is InChI=1S/C23H28F3NO3S/c1-4-22(12-16(28)13-23(24,25)26)14-31-20-11-19(30-3)18(29-2)10-17(20)21(27-22)15-8-6-5-7-9-15/h5-11,16,21,27-28H,4,12-14H2,1-3H3/t16?,21-,22-/m0/s1. The van der Waals surface area contributed by atoms with Gasteiger partial charge in [-0.05, 0) is 36.1 Å². The van der Waals surface area contributed by atoms with Crippen molar-refractivity contribution >= 4 is 11.8 Å². The molecule has 8 heteroatoms. The van der Waals surface area contributed by atoms with E-state index in [1.54, 1.807) is 26.0 Å². The number of benzene rings is 2. The summed E-state index contributed by atoms with van der Waals surface area (Å²) in [6.07, 6.45) is -6.53. The molecule has 2 aromatic carbocycles. The van der Waals surface area contributed by atoms with E-state index in [2.05, 4.69) is 5.32 Å². The molecule has 0 spiro atoms. The van der Waals surface area contributed by atoms with E-state index >= 15 is 0 Å². The summed E-state index contributed by atoms with van der Waals surface area (Å²) in [5, 5.41) is 13.9. The van der Waals surface area contributed by atoms with Gasteiger partial charge in [0.05, 0.1) is 32.8 Å². The molecule has 2 aromatic rings. The fraction of sp³-hybridized carbons (Fsp3) is 0.478. The van der Waals surface area contributed by atoms with Gasteiger partial charge in [0.2, 0.25) is 0 Å². The van der Waals surface area contributed by atoms with E-state index < -0.39 is 24.2 Å². The summed E-state index contributed by atoms with van der Waals surface area (Å²) in [6, 6.07) is 13.3. The maximum absolute atomic E-state index is 12.9. The average molecular weight is 456 g/mol. The second kappa shape index (κ2) is 9.71. The molecule has 1 aliphatic rings. The second-order valence-corrected chi connectivity index (χ2v) is 8.85. The highest BCUT2D eigenvalue weighted by Gasteiger charge is 2.40. The maximum Gasteiger partial charge on any atom is 0.391 e. The number of hydrogen-bond acceptors (Lipinski definition) is 5. The first-order valence-corrected chi connectivity index (χ1v) is 11.1. The van der Waals surface area contributed by atoms with Crippen LogP contribution in [-0.4, -0.2) is 42.9 Å². The van der Waals surface area contributed by atoms with E-state index in [1.165, 1.54) is 0 Å². The first kappa shape index (κ1) is 23.8. The maximum atomic E-state index is 12.9. The molecule has 1 heterocycles. The molecule has 0 saturated heterocycles. The van der Waals surface area contributed by atoms with Crippen LogP contribution in [0, 0.1) is 0 Å². The van der Waals surface area contributed by atoms with Gasteiger partial charge in [0, 0.05) is 16.2 Å². The molecule has 3 rings (SSSR count). The van der Waals surface area contributed by atoms with Gasteiger partial charge < -0.3 is 14.6 Å². The smallest absolute Gasteiger partial charge is 0.391 e. The van der Waals surface area contributed by atoms with E-state index in [-0.39, 0.29) is 12.5 Å². The Morgan fingerprint density at radius 3 is 2.39 bits per heavy atom. The molecule has 31 heavy (non-hydrogen) atoms. The van der Waals surface area contributed by atoms with E-state index in [0.29, 0.717) is 23.7 Å². The summed E-state index contributed by atoms with van der Waals surface area (Å²) in [6.45, 7) is 1.94. The summed E-state index contributed by atoms with van der Waals surface area (Å²) in [7, 11) is 3.14. The summed E-state index contributed by atoms with van der Waals surface area (Å²) >= 11 is 1.56. The molecule has 4 nitrogen and oxygen atoms in total. The van der Waals surface area contributed by atoms with Gasteiger partial charge in [0.25, 0.3) is 0 Å². The Bertz CT molecular complexity index is 878. The zero-order valence-electron chi connectivity index (χ0n) is 17.8. The largest absolute Gasteiger partial charge is 0.493 e. The van der Waals surface area contributed by atoms with Gasteiger partial charge in [-0.3, -0.25) is 5.32 Å². The van der Waals surface area contributed by atoms with Gasteiger partial charge in [0.15, 0.2) is 11.5 Å². The zero-order valence-corrected chi connectivity index (χ0v) is 18.6. The highest BCUT2D eigenvalue weighted by molar-refractivity contribution is 7.99. The Balaban J connectivity index is 2.04. The number of aliphatic hydroxyl groups excluding tert-OH is 1. The molecule has 1 aliphatic heterocycles. The van der Waals surface area contributed by atoms with Crippen LogP contribution in [0.2, 0.25) is 0 Å². The number of ether oxygens (including phenoxy) is 2. The molecule has 0 radical (unpaired) electrons. The van der Waals surface area contributed by atoms with Crippen molar-refractivity contribution in [3.8, 4) is 11.5 Å². The number of alkyl halides is 3. The van der Waals surface area contributed by atoms with Crippen LogP contribution in [0.4, 0.5) is 13.2 Å². The molecule has 0 fully saturated rings. The highest BCUT2D eigenvalue weighted by Crippen LogP contribution is 2.45. The van der Waals surface area contributed by atoms with Crippen LogP contribution in [0.3, 0.4) is 0 Å². The molecule has 2 N–H and O–H groups in total. The Hall–Kier alpha value is -1.90. The number of thioether (sulfide) groups is 1. The van der Waals surface area contributed by atoms with Crippen LogP contribution >= 0.6 is 11.8 Å². The van der Waals surface area contributed by atoms with Gasteiger partial charge in [-0.1, -0.05) is 37.3 Å². The summed E-state index contributed by atoms with van der Waals surface area (Å²) in [4.78, 5) is 0.972. The normalized spacial score (nSPS) is 22.4. The van der Waals surface area contributed by atoms with E-state index in [1.807, 2.05) is 49.4 Å². The minimum atomic E-state index is -4.41. The zero-order chi connectivity index (χ0) is 22.6. The topological polar surface area (TPSA) is 50.7 Å². The SMILES string of the molecule is CC[C@]1(CC(O)CC(F)(F)F)CSc2cc(OC)c(OC)cc2[C@H](c2ccccc2)N1. The molecule has 170 valence electrons. The van der Waals surface area contributed by atoms with Crippen LogP contribution in [0.5, 0.6) is 11.5 Å². The first-order chi connectivity index (χ1) is 14.7. The predicted octanol–water partition coefficient (Wildman–Crippen LogP) is 5.34. The van der Waals surface area contributed by atoms with Crippen molar-refractivity contribution in [2.45, 2.75) is 54.9 Å². The van der Waals surface area contributed by atoms with Crippen molar-refractivity contribution in [2.24, 2.45) is 0 Å². The Labute approximate surface area is 185 Å². The lowest BCUT2D eigenvalue weighted by atomic mass is 9.86. The Kier molecular flexibility index (Phi) is 7.44. The van der Waals surface area contributed by atoms with E-state index in [4.69, 9.17) is 9.47 Å². The lowest BCUT2D eigenvalue weighted by Gasteiger charge is -2.37. The Morgan fingerprint density at radius 2 is 1.81 bits per heavy atom. The van der Waals surface area contributed by atoms with E-state index in [9.17, 15) is 18.3 Å². The van der Waals surface area contributed by atoms with Crippen molar-refractivity contribution in [3.05, 3.63) is 53.6 Å². The molecular weight excluding hydrogens is 427 g/mol. The number of rotatable bonds is 7. The minimum Gasteiger partial charge on any atom is -0.493 e. The van der Waals surface area contributed by atoms with Crippen molar-refractivity contribution in [1.82, 2.24) is 5.32 Å². The second-order valence-electron chi connectivity index (χ2n) is 7.83. The van der Waals surface area contributed by atoms with Crippen LogP contribution in [0.25, 0.3) is 0 Å². The van der Waals surface area contributed by atoms with Gasteiger partial charge >= 0.3 is 6.18 Å². The molecule has 0 aromatic heterocycles. The van der Waals surface area contributed by atoms with Crippen LogP contribution < -0.4 is 14.8 Å². The first-order valence-electron chi connectivity index (χ1n) is 10.2. The van der Waals surface area contributed by atoms with Crippen molar-refractivity contribution in [1.29, 1.82) is 0 Å². The molecule has 0 bridgehead atoms. The number of fused-ring (bicyclic) bond motifs is 1. The van der Waals surface area contributed by atoms with Crippen molar-refractivity contribution < 1.29 is 27.8 Å². The number of methoxy groups -OCH3 is 2. The molecule has 1 unspecified atom stereocenters. The van der Waals surface area contributed by atoms with Crippen LogP contribution in [0.15, 0.2) is 47.4 Å². The lowest BCUT2D eigenvalue weighted by molar-refractivity contribution is -0.155. The number of hydrogen-bond donors (Lipinski definition) is 2. The third kappa shape index (κ3) is 5.67. The fourth-order valence-corrected chi connectivity index (χ4v) is 5.40. The van der Waals surface area contributed by atoms with Crippen LogP contribution in [-0.2, 0) is 0 Å². The number of nitrogens with one attached hydrogen (secondary N) is 1. The third-order valence-electron chi connectivity index (χ3n) is 5.68. The molecule has 3 atom stereocenters. The average Bonchev–Trinajstić information content (AvgIpc) is 2.89. The van der Waals surface area contributed by atoms with E-state index in [0.717, 1.165) is 16.0 Å². The van der Waals surface area contributed by atoms with Gasteiger partial charge in [-0.2, -0.15) is 13.2 Å². The van der Waals surface area contributed by atoms with Crippen LogP contribution in [0.1, 0.15) is 43.4 Å². The van der Waals surface area contributed by atoms with Crippen molar-refractivity contribution in [2.75, 3.05) is 20.0 Å². The summed E-state index contributed by atoms with van der Waals surface area (Å²) in [5.74, 6) is 1.71. The fourth-order valence-electron chi connectivity index (χ4n) is 4.03. The number of aliphatic hydroxyl groups is 1. The molecule has 0 aliphatic carbocycles. The summed E-state index contributed by atoms with van der Waals surface area (Å²) < 4.78 is 49.6. The van der Waals surface area contributed by atoms with Gasteiger partial charge in [0.1, 0.15) is 0 Å². The molecule has 0 saturated carbocycles. The Morgan fingerprint density at radius 1 is 1.16 bits per heavy atom. The monoisotopic (exact) mass is 455 g/mol. The molecular formula is C23H28F3NO3S. The highest BCUT2D eigenvalue weighted by atomic mass is 32.2. The van der Waals surface area contributed by atoms with Gasteiger partial charge in [-0.15, -0.1) is 11.8 Å². The summed E-state index contributed by atoms with van der Waals surface area (Å²) in [5.41, 5.74) is 1.27. The van der Waals surface area contributed by atoms with Crippen molar-refractivity contribution in [3.63, 3.8) is 0 Å². The molecule has 0 amide bonds. The number of halogens is 3. The minimum absolute atomic E-state index is 0.00159. The predicted molar refractivity (Wildman–Crippen MR) is 116 cm³/mol.